The Morgan fingerprint density at radius 1 is 0.967 bits per heavy atom. The molecule has 5 aromatic heterocycles. The number of pyridine rings is 3. The molecule has 0 radical (unpaired) electrons. The topological polar surface area (TPSA) is 108 Å². The molecule has 0 saturated heterocycles. The molecule has 5 aromatic rings. The SMILES string of the molecule is C1=C(c2cnc3[nH]nc(-c4nc5c(-c6cccnc6)ccnc5[nH]4)c3c2)CCNC1. The van der Waals surface area contributed by atoms with Crippen molar-refractivity contribution in [1.82, 2.24) is 40.4 Å². The molecule has 0 saturated carbocycles. The van der Waals surface area contributed by atoms with Crippen molar-refractivity contribution >= 4 is 27.8 Å². The summed E-state index contributed by atoms with van der Waals surface area (Å²) in [5.74, 6) is 0.665. The predicted octanol–water partition coefficient (Wildman–Crippen LogP) is 3.33. The van der Waals surface area contributed by atoms with E-state index in [1.165, 1.54) is 5.57 Å². The minimum absolute atomic E-state index is 0.665. The zero-order valence-corrected chi connectivity index (χ0v) is 16.1. The van der Waals surface area contributed by atoms with E-state index in [9.17, 15) is 0 Å². The molecule has 8 heteroatoms. The summed E-state index contributed by atoms with van der Waals surface area (Å²) < 4.78 is 0. The van der Waals surface area contributed by atoms with Gasteiger partial charge in [-0.25, -0.2) is 15.0 Å². The van der Waals surface area contributed by atoms with Crippen LogP contribution in [0.3, 0.4) is 0 Å². The Morgan fingerprint density at radius 2 is 1.97 bits per heavy atom. The first-order valence-electron chi connectivity index (χ1n) is 9.86. The maximum absolute atomic E-state index is 4.84. The first kappa shape index (κ1) is 17.0. The molecule has 30 heavy (non-hydrogen) atoms. The van der Waals surface area contributed by atoms with Crippen molar-refractivity contribution in [2.75, 3.05) is 13.1 Å². The monoisotopic (exact) mass is 394 g/mol. The summed E-state index contributed by atoms with van der Waals surface area (Å²) >= 11 is 0. The van der Waals surface area contributed by atoms with E-state index < -0.39 is 0 Å². The Kier molecular flexibility index (Phi) is 3.88. The first-order chi connectivity index (χ1) is 14.9. The predicted molar refractivity (Wildman–Crippen MR) is 115 cm³/mol. The number of hydrogen-bond donors (Lipinski definition) is 3. The number of aromatic nitrogens is 7. The molecule has 3 N–H and O–H groups in total. The Morgan fingerprint density at radius 3 is 2.83 bits per heavy atom. The fourth-order valence-electron chi connectivity index (χ4n) is 3.92. The molecule has 0 spiro atoms. The van der Waals surface area contributed by atoms with Gasteiger partial charge in [-0.1, -0.05) is 12.1 Å². The van der Waals surface area contributed by atoms with Crippen LogP contribution in [0.1, 0.15) is 12.0 Å². The van der Waals surface area contributed by atoms with Gasteiger partial charge in [0.05, 0.1) is 5.39 Å². The number of aromatic amines is 2. The van der Waals surface area contributed by atoms with Crippen LogP contribution in [-0.4, -0.2) is 48.2 Å². The van der Waals surface area contributed by atoms with Gasteiger partial charge in [0.1, 0.15) is 11.2 Å². The van der Waals surface area contributed by atoms with Gasteiger partial charge < -0.3 is 10.3 Å². The summed E-state index contributed by atoms with van der Waals surface area (Å²) in [5.41, 5.74) is 7.39. The largest absolute Gasteiger partial charge is 0.321 e. The highest BCUT2D eigenvalue weighted by Gasteiger charge is 2.17. The van der Waals surface area contributed by atoms with E-state index >= 15 is 0 Å². The normalized spacial score (nSPS) is 14.3. The van der Waals surface area contributed by atoms with Crippen LogP contribution in [0.2, 0.25) is 0 Å². The van der Waals surface area contributed by atoms with Crippen LogP contribution in [0.5, 0.6) is 0 Å². The highest BCUT2D eigenvalue weighted by Crippen LogP contribution is 2.31. The fourth-order valence-corrected chi connectivity index (χ4v) is 3.92. The highest BCUT2D eigenvalue weighted by molar-refractivity contribution is 5.95. The van der Waals surface area contributed by atoms with Gasteiger partial charge in [-0.2, -0.15) is 5.10 Å². The maximum Gasteiger partial charge on any atom is 0.161 e. The Balaban J connectivity index is 1.50. The number of rotatable bonds is 3. The summed E-state index contributed by atoms with van der Waals surface area (Å²) in [6.07, 6.45) is 10.5. The average molecular weight is 394 g/mol. The second-order valence-electron chi connectivity index (χ2n) is 7.26. The lowest BCUT2D eigenvalue weighted by Crippen LogP contribution is -2.20. The smallest absolute Gasteiger partial charge is 0.161 e. The molecule has 0 atom stereocenters. The molecule has 1 aliphatic heterocycles. The van der Waals surface area contributed by atoms with Gasteiger partial charge in [0.2, 0.25) is 0 Å². The van der Waals surface area contributed by atoms with Crippen LogP contribution < -0.4 is 5.32 Å². The number of hydrogen-bond acceptors (Lipinski definition) is 6. The number of fused-ring (bicyclic) bond motifs is 2. The number of imidazole rings is 1. The fraction of sp³-hybridized carbons (Fsp3) is 0.136. The molecular weight excluding hydrogens is 376 g/mol. The molecule has 0 amide bonds. The second kappa shape index (κ2) is 6.85. The molecule has 0 bridgehead atoms. The maximum atomic E-state index is 4.84. The van der Waals surface area contributed by atoms with E-state index in [4.69, 9.17) is 4.98 Å². The Bertz CT molecular complexity index is 1400. The summed E-state index contributed by atoms with van der Waals surface area (Å²) in [6.45, 7) is 1.87. The minimum Gasteiger partial charge on any atom is -0.321 e. The molecule has 0 aliphatic carbocycles. The van der Waals surface area contributed by atoms with Gasteiger partial charge >= 0.3 is 0 Å². The third kappa shape index (κ3) is 2.77. The highest BCUT2D eigenvalue weighted by atomic mass is 15.2. The van der Waals surface area contributed by atoms with Gasteiger partial charge in [-0.05, 0) is 42.3 Å². The average Bonchev–Trinajstić information content (AvgIpc) is 3.43. The molecule has 0 aromatic carbocycles. The van der Waals surface area contributed by atoms with Crippen molar-refractivity contribution in [2.45, 2.75) is 6.42 Å². The number of nitrogens with zero attached hydrogens (tertiary/aromatic N) is 5. The zero-order valence-electron chi connectivity index (χ0n) is 16.1. The molecule has 6 heterocycles. The van der Waals surface area contributed by atoms with Crippen LogP contribution >= 0.6 is 0 Å². The molecule has 0 unspecified atom stereocenters. The lowest BCUT2D eigenvalue weighted by Gasteiger charge is -2.13. The lowest BCUT2D eigenvalue weighted by molar-refractivity contribution is 0.738. The van der Waals surface area contributed by atoms with Crippen LogP contribution in [0.15, 0.2) is 55.1 Å². The summed E-state index contributed by atoms with van der Waals surface area (Å²) in [6, 6.07) is 8.03. The molecule has 6 rings (SSSR count). The van der Waals surface area contributed by atoms with Gasteiger partial charge in [0.15, 0.2) is 17.1 Å². The van der Waals surface area contributed by atoms with Gasteiger partial charge in [0, 0.05) is 42.5 Å². The van der Waals surface area contributed by atoms with Gasteiger partial charge in [0.25, 0.3) is 0 Å². The molecule has 0 fully saturated rings. The van der Waals surface area contributed by atoms with Crippen molar-refractivity contribution in [2.24, 2.45) is 0 Å². The third-order valence-corrected chi connectivity index (χ3v) is 5.43. The van der Waals surface area contributed by atoms with E-state index in [2.05, 4.69) is 47.6 Å². The van der Waals surface area contributed by atoms with Crippen LogP contribution in [0.25, 0.3) is 50.4 Å². The van der Waals surface area contributed by atoms with Crippen LogP contribution in [0.4, 0.5) is 0 Å². The summed E-state index contributed by atoms with van der Waals surface area (Å²) in [4.78, 5) is 21.4. The van der Waals surface area contributed by atoms with Crippen molar-refractivity contribution in [3.8, 4) is 22.6 Å². The molecule has 8 nitrogen and oxygen atoms in total. The molecule has 146 valence electrons. The minimum atomic E-state index is 0.665. The van der Waals surface area contributed by atoms with Crippen LogP contribution in [-0.2, 0) is 0 Å². The second-order valence-corrected chi connectivity index (χ2v) is 7.26. The van der Waals surface area contributed by atoms with Crippen molar-refractivity contribution in [3.63, 3.8) is 0 Å². The van der Waals surface area contributed by atoms with Crippen molar-refractivity contribution in [1.29, 1.82) is 0 Å². The first-order valence-corrected chi connectivity index (χ1v) is 9.86. The van der Waals surface area contributed by atoms with E-state index in [1.807, 2.05) is 30.6 Å². The van der Waals surface area contributed by atoms with E-state index in [0.29, 0.717) is 11.5 Å². The van der Waals surface area contributed by atoms with Crippen LogP contribution in [0, 0.1) is 0 Å². The molecular formula is C22H18N8. The summed E-state index contributed by atoms with van der Waals surface area (Å²) in [7, 11) is 0. The lowest BCUT2D eigenvalue weighted by atomic mass is 10.0. The van der Waals surface area contributed by atoms with Gasteiger partial charge in [-0.15, -0.1) is 0 Å². The van der Waals surface area contributed by atoms with Crippen molar-refractivity contribution in [3.05, 3.63) is 60.7 Å². The standard InChI is InChI=1S/C22H18N8/c1-2-14(11-24-6-1)16-5-9-25-21-18(16)27-22(28-21)19-17-10-15(12-26-20(17)30-29-19)13-3-7-23-8-4-13/h1-3,5-6,9-12,23H,4,7-8H2,(H,25,27,28)(H,26,29,30). The van der Waals surface area contributed by atoms with E-state index in [-0.39, 0.29) is 0 Å². The Labute approximate surface area is 171 Å². The molecule has 1 aliphatic rings. The van der Waals surface area contributed by atoms with E-state index in [0.717, 1.165) is 58.4 Å². The Hall–Kier alpha value is -3.91. The quantitative estimate of drug-likeness (QED) is 0.433. The van der Waals surface area contributed by atoms with Gasteiger partial charge in [-0.3, -0.25) is 10.1 Å². The third-order valence-electron chi connectivity index (χ3n) is 5.43. The zero-order chi connectivity index (χ0) is 19.9. The summed E-state index contributed by atoms with van der Waals surface area (Å²) in [5, 5.41) is 11.8. The number of nitrogens with one attached hydrogen (secondary N) is 3. The number of H-pyrrole nitrogens is 2. The van der Waals surface area contributed by atoms with Crippen molar-refractivity contribution < 1.29 is 0 Å². The van der Waals surface area contributed by atoms with E-state index in [1.54, 1.807) is 12.4 Å².